The highest BCUT2D eigenvalue weighted by Gasteiger charge is 2.36. The van der Waals surface area contributed by atoms with Gasteiger partial charge in [-0.3, -0.25) is 4.90 Å². The minimum absolute atomic E-state index is 0.166. The number of nitrogens with zero attached hydrogens (tertiary/aromatic N) is 5. The lowest BCUT2D eigenvalue weighted by Gasteiger charge is -2.35. The van der Waals surface area contributed by atoms with Gasteiger partial charge in [-0.25, -0.2) is 23.7 Å². The highest BCUT2D eigenvalue weighted by molar-refractivity contribution is 5.84. The first-order chi connectivity index (χ1) is 18.4. The maximum Gasteiger partial charge on any atom is 0.151 e. The minimum atomic E-state index is -0.510. The molecule has 1 aromatic carbocycles. The summed E-state index contributed by atoms with van der Waals surface area (Å²) in [5.74, 6) is 0.984. The second-order valence-electron chi connectivity index (χ2n) is 11.4. The second kappa shape index (κ2) is 8.81. The Balaban J connectivity index is 1.14. The number of nitrogens with one attached hydrogen (secondary N) is 2. The summed E-state index contributed by atoms with van der Waals surface area (Å²) >= 11 is 0. The van der Waals surface area contributed by atoms with E-state index in [4.69, 9.17) is 0 Å². The monoisotopic (exact) mass is 515 g/mol. The normalized spacial score (nSPS) is 22.2. The molecule has 7 nitrogen and oxygen atoms in total. The van der Waals surface area contributed by atoms with Crippen LogP contribution >= 0.6 is 0 Å². The molecule has 0 amide bonds. The maximum atomic E-state index is 15.1. The van der Waals surface area contributed by atoms with Crippen molar-refractivity contribution in [1.82, 2.24) is 29.7 Å². The Hall–Kier alpha value is -3.43. The summed E-state index contributed by atoms with van der Waals surface area (Å²) in [6, 6.07) is 10.0. The molecule has 2 fully saturated rings. The van der Waals surface area contributed by atoms with E-state index in [1.165, 1.54) is 30.7 Å². The quantitative estimate of drug-likeness (QED) is 0.384. The van der Waals surface area contributed by atoms with Crippen LogP contribution in [0.3, 0.4) is 0 Å². The van der Waals surface area contributed by atoms with E-state index in [1.54, 1.807) is 6.07 Å². The highest BCUT2D eigenvalue weighted by atomic mass is 19.1. The Morgan fingerprint density at radius 1 is 1.00 bits per heavy atom. The Morgan fingerprint density at radius 3 is 2.55 bits per heavy atom. The highest BCUT2D eigenvalue weighted by Crippen LogP contribution is 2.38. The molecule has 3 aromatic heterocycles. The number of rotatable bonds is 5. The number of imidazole rings is 1. The number of aromatic nitrogens is 4. The van der Waals surface area contributed by atoms with Crippen LogP contribution in [0.2, 0.25) is 0 Å². The SMILES string of the molecule is CC1(C)CCc2nc3c(F)cc(-c4cc(Nc5ccc(CN6C7CCC6CNC7)cn5)ncc4F)cc3n21. The van der Waals surface area contributed by atoms with Crippen molar-refractivity contribution in [3.8, 4) is 11.1 Å². The van der Waals surface area contributed by atoms with Crippen LogP contribution in [0.5, 0.6) is 0 Å². The predicted molar refractivity (Wildman–Crippen MR) is 143 cm³/mol. The van der Waals surface area contributed by atoms with E-state index in [9.17, 15) is 4.39 Å². The van der Waals surface area contributed by atoms with E-state index in [2.05, 4.69) is 55.0 Å². The number of benzene rings is 1. The fraction of sp³-hybridized carbons (Fsp3) is 0.414. The van der Waals surface area contributed by atoms with Gasteiger partial charge in [-0.05, 0) is 68.5 Å². The summed E-state index contributed by atoms with van der Waals surface area (Å²) in [5, 5.41) is 6.70. The lowest BCUT2D eigenvalue weighted by atomic mass is 10.0. The van der Waals surface area contributed by atoms with Gasteiger partial charge in [0, 0.05) is 55.4 Å². The van der Waals surface area contributed by atoms with Crippen molar-refractivity contribution in [2.24, 2.45) is 0 Å². The van der Waals surface area contributed by atoms with Crippen LogP contribution in [-0.4, -0.2) is 49.6 Å². The fourth-order valence-electron chi connectivity index (χ4n) is 6.50. The number of piperazine rings is 1. The van der Waals surface area contributed by atoms with Crippen LogP contribution in [0, 0.1) is 11.6 Å². The third kappa shape index (κ3) is 3.96. The number of hydrogen-bond donors (Lipinski definition) is 2. The van der Waals surface area contributed by atoms with E-state index >= 15 is 4.39 Å². The number of halogens is 2. The minimum Gasteiger partial charge on any atom is -0.325 e. The number of pyridine rings is 2. The van der Waals surface area contributed by atoms with Gasteiger partial charge < -0.3 is 15.2 Å². The molecule has 2 unspecified atom stereocenters. The molecule has 3 aliphatic rings. The maximum absolute atomic E-state index is 15.1. The average molecular weight is 516 g/mol. The van der Waals surface area contributed by atoms with Gasteiger partial charge in [-0.15, -0.1) is 0 Å². The van der Waals surface area contributed by atoms with Gasteiger partial charge in [0.15, 0.2) is 5.82 Å². The first-order valence-corrected chi connectivity index (χ1v) is 13.4. The molecule has 9 heteroatoms. The van der Waals surface area contributed by atoms with Crippen molar-refractivity contribution >= 4 is 22.7 Å². The van der Waals surface area contributed by atoms with Crippen molar-refractivity contribution in [3.05, 3.63) is 65.7 Å². The van der Waals surface area contributed by atoms with E-state index in [0.717, 1.165) is 38.3 Å². The summed E-state index contributed by atoms with van der Waals surface area (Å²) in [6.45, 7) is 7.25. The molecule has 2 saturated heterocycles. The molecular weight excluding hydrogens is 484 g/mol. The molecule has 0 spiro atoms. The van der Waals surface area contributed by atoms with Crippen molar-refractivity contribution in [1.29, 1.82) is 0 Å². The van der Waals surface area contributed by atoms with Gasteiger partial charge in [0.2, 0.25) is 0 Å². The molecule has 0 aliphatic carbocycles. The number of fused-ring (bicyclic) bond motifs is 5. The molecule has 0 saturated carbocycles. The zero-order chi connectivity index (χ0) is 26.0. The third-order valence-electron chi connectivity index (χ3n) is 8.49. The second-order valence-corrected chi connectivity index (χ2v) is 11.4. The standard InChI is InChI=1S/C29H31F2N7/c1-29(2)8-7-27-36-28-22(30)9-18(10-24(28)38(27)29)21-11-26(34-15-23(21)31)35-25-6-3-17(12-33-25)16-37-19-4-5-20(37)14-32-13-19/h3,6,9-12,15,19-20,32H,4-5,7-8,13-14,16H2,1-2H3,(H,33,34,35). The molecule has 3 aliphatic heterocycles. The number of anilines is 2. The first kappa shape index (κ1) is 23.7. The Morgan fingerprint density at radius 2 is 1.79 bits per heavy atom. The van der Waals surface area contributed by atoms with Crippen LogP contribution < -0.4 is 10.6 Å². The van der Waals surface area contributed by atoms with Crippen LogP contribution in [0.4, 0.5) is 20.4 Å². The molecule has 4 aromatic rings. The lowest BCUT2D eigenvalue weighted by molar-refractivity contribution is 0.145. The zero-order valence-electron chi connectivity index (χ0n) is 21.6. The predicted octanol–water partition coefficient (Wildman–Crippen LogP) is 5.13. The summed E-state index contributed by atoms with van der Waals surface area (Å²) < 4.78 is 32.2. The third-order valence-corrected chi connectivity index (χ3v) is 8.49. The fourth-order valence-corrected chi connectivity index (χ4v) is 6.50. The molecule has 0 radical (unpaired) electrons. The molecule has 7 rings (SSSR count). The van der Waals surface area contributed by atoms with Gasteiger partial charge >= 0.3 is 0 Å². The summed E-state index contributed by atoms with van der Waals surface area (Å²) in [4.78, 5) is 15.9. The Kier molecular flexibility index (Phi) is 5.49. The zero-order valence-corrected chi connectivity index (χ0v) is 21.6. The summed E-state index contributed by atoms with van der Waals surface area (Å²) in [5.41, 5.74) is 2.77. The van der Waals surface area contributed by atoms with Crippen molar-refractivity contribution in [3.63, 3.8) is 0 Å². The van der Waals surface area contributed by atoms with E-state index in [1.807, 2.05) is 18.3 Å². The van der Waals surface area contributed by atoms with Crippen molar-refractivity contribution in [2.45, 2.75) is 63.7 Å². The van der Waals surface area contributed by atoms with Crippen molar-refractivity contribution < 1.29 is 8.78 Å². The number of hydrogen-bond acceptors (Lipinski definition) is 6. The number of aryl methyl sites for hydroxylation is 1. The van der Waals surface area contributed by atoms with Gasteiger partial charge in [-0.1, -0.05) is 6.07 Å². The van der Waals surface area contributed by atoms with E-state index < -0.39 is 11.6 Å². The van der Waals surface area contributed by atoms with Gasteiger partial charge in [-0.2, -0.15) is 0 Å². The molecule has 2 atom stereocenters. The molecule has 6 heterocycles. The smallest absolute Gasteiger partial charge is 0.151 e. The molecular formula is C29H31F2N7. The van der Waals surface area contributed by atoms with Crippen molar-refractivity contribution in [2.75, 3.05) is 18.4 Å². The van der Waals surface area contributed by atoms with Gasteiger partial charge in [0.1, 0.15) is 28.8 Å². The molecule has 196 valence electrons. The van der Waals surface area contributed by atoms with Crippen LogP contribution in [0.25, 0.3) is 22.2 Å². The lowest BCUT2D eigenvalue weighted by Crippen LogP contribution is -2.51. The van der Waals surface area contributed by atoms with Crippen LogP contribution in [0.15, 0.2) is 42.7 Å². The topological polar surface area (TPSA) is 70.9 Å². The summed E-state index contributed by atoms with van der Waals surface area (Å²) in [6.07, 6.45) is 7.30. The van der Waals surface area contributed by atoms with Crippen LogP contribution in [-0.2, 0) is 18.5 Å². The van der Waals surface area contributed by atoms with E-state index in [0.29, 0.717) is 40.3 Å². The molecule has 38 heavy (non-hydrogen) atoms. The molecule has 2 bridgehead atoms. The largest absolute Gasteiger partial charge is 0.325 e. The van der Waals surface area contributed by atoms with E-state index in [-0.39, 0.29) is 11.1 Å². The van der Waals surface area contributed by atoms with Gasteiger partial charge in [0.05, 0.1) is 11.7 Å². The van der Waals surface area contributed by atoms with Gasteiger partial charge in [0.25, 0.3) is 0 Å². The Bertz CT molecular complexity index is 1510. The average Bonchev–Trinajstić information content (AvgIpc) is 3.49. The van der Waals surface area contributed by atoms with Crippen LogP contribution in [0.1, 0.15) is 44.5 Å². The molecule has 2 N–H and O–H groups in total. The first-order valence-electron chi connectivity index (χ1n) is 13.4. The summed E-state index contributed by atoms with van der Waals surface area (Å²) in [7, 11) is 0. The Labute approximate surface area is 220 Å².